The molecule has 0 saturated heterocycles. The number of nitrogens with two attached hydrogens (primary N) is 1. The molecule has 4 heteroatoms. The van der Waals surface area contributed by atoms with E-state index in [1.54, 1.807) is 0 Å². The fraction of sp³-hybridized carbons (Fsp3) is 0.320. The van der Waals surface area contributed by atoms with Gasteiger partial charge in [0.1, 0.15) is 17.9 Å². The molecule has 2 N–H and O–H groups in total. The summed E-state index contributed by atoms with van der Waals surface area (Å²) < 4.78 is 11.9. The zero-order valence-corrected chi connectivity index (χ0v) is 16.6. The van der Waals surface area contributed by atoms with Crippen molar-refractivity contribution in [3.63, 3.8) is 0 Å². The van der Waals surface area contributed by atoms with Crippen LogP contribution in [-0.2, 0) is 10.3 Å². The molecule has 5 rings (SSSR count). The zero-order valence-electron chi connectivity index (χ0n) is 16.6. The summed E-state index contributed by atoms with van der Waals surface area (Å²) in [7, 11) is 0. The van der Waals surface area contributed by atoms with Crippen molar-refractivity contribution in [1.82, 2.24) is 0 Å². The highest BCUT2D eigenvalue weighted by Crippen LogP contribution is 2.61. The average molecular weight is 384 g/mol. The number of rotatable bonds is 1. The molecule has 0 amide bonds. The van der Waals surface area contributed by atoms with Gasteiger partial charge in [-0.15, -0.1) is 5.92 Å². The van der Waals surface area contributed by atoms with Crippen molar-refractivity contribution in [2.24, 2.45) is 16.1 Å². The molecule has 2 heterocycles. The monoisotopic (exact) mass is 384 g/mol. The second kappa shape index (κ2) is 6.70. The van der Waals surface area contributed by atoms with Crippen molar-refractivity contribution in [1.29, 1.82) is 0 Å². The molecule has 2 aliphatic heterocycles. The van der Waals surface area contributed by atoms with Gasteiger partial charge >= 0.3 is 0 Å². The molecular formula is C25H24N2O2. The van der Waals surface area contributed by atoms with Crippen molar-refractivity contribution in [3.8, 4) is 17.6 Å². The maximum Gasteiger partial charge on any atom is 0.283 e. The lowest BCUT2D eigenvalue weighted by molar-refractivity contribution is -0.0523. The van der Waals surface area contributed by atoms with E-state index in [0.717, 1.165) is 40.9 Å². The van der Waals surface area contributed by atoms with Crippen LogP contribution in [0.2, 0.25) is 0 Å². The second-order valence-electron chi connectivity index (χ2n) is 8.07. The highest BCUT2D eigenvalue weighted by molar-refractivity contribution is 5.80. The van der Waals surface area contributed by atoms with Crippen LogP contribution in [0.3, 0.4) is 0 Å². The number of benzene rings is 1. The third-order valence-corrected chi connectivity index (χ3v) is 6.53. The minimum atomic E-state index is -0.452. The van der Waals surface area contributed by atoms with Gasteiger partial charge in [0.25, 0.3) is 6.02 Å². The number of hydrogen-bond acceptors (Lipinski definition) is 4. The first-order valence-corrected chi connectivity index (χ1v) is 10.1. The van der Waals surface area contributed by atoms with Crippen molar-refractivity contribution in [2.45, 2.75) is 31.7 Å². The molecule has 29 heavy (non-hydrogen) atoms. The summed E-state index contributed by atoms with van der Waals surface area (Å²) in [6, 6.07) is 6.65. The summed E-state index contributed by atoms with van der Waals surface area (Å²) in [6.07, 6.45) is 15.7. The topological polar surface area (TPSA) is 56.8 Å². The maximum atomic E-state index is 6.20. The SMILES string of the molecule is CC#CC1=C/C(c2ccc3c(c2)C2(COC(N)=N2)C2(CCC2)CO3)=C\C=C\C=C\1. The summed E-state index contributed by atoms with van der Waals surface area (Å²) in [6.45, 7) is 3.02. The van der Waals surface area contributed by atoms with Gasteiger partial charge in [0, 0.05) is 16.6 Å². The van der Waals surface area contributed by atoms with Crippen LogP contribution in [0.25, 0.3) is 5.57 Å². The van der Waals surface area contributed by atoms with Gasteiger partial charge in [-0.1, -0.05) is 42.7 Å². The molecular weight excluding hydrogens is 360 g/mol. The van der Waals surface area contributed by atoms with Crippen LogP contribution < -0.4 is 10.5 Å². The molecule has 1 atom stereocenters. The van der Waals surface area contributed by atoms with Crippen molar-refractivity contribution < 1.29 is 9.47 Å². The number of hydrogen-bond donors (Lipinski definition) is 1. The van der Waals surface area contributed by atoms with Crippen LogP contribution in [0, 0.1) is 17.3 Å². The maximum absolute atomic E-state index is 6.20. The molecule has 0 aromatic heterocycles. The van der Waals surface area contributed by atoms with Crippen LogP contribution in [0.15, 0.2) is 65.2 Å². The smallest absolute Gasteiger partial charge is 0.283 e. The molecule has 4 aliphatic rings. The number of allylic oxidation sites excluding steroid dienone is 8. The summed E-state index contributed by atoms with van der Waals surface area (Å²) >= 11 is 0. The minimum absolute atomic E-state index is 0.0214. The molecule has 1 fully saturated rings. The highest BCUT2D eigenvalue weighted by Gasteiger charge is 2.62. The number of amidine groups is 1. The van der Waals surface area contributed by atoms with Crippen LogP contribution >= 0.6 is 0 Å². The molecule has 0 bridgehead atoms. The molecule has 1 unspecified atom stereocenters. The first-order chi connectivity index (χ1) is 14.2. The van der Waals surface area contributed by atoms with Gasteiger partial charge in [-0.25, -0.2) is 4.99 Å². The van der Waals surface area contributed by atoms with Gasteiger partial charge in [-0.05, 0) is 55.2 Å². The van der Waals surface area contributed by atoms with Gasteiger partial charge in [0.05, 0.1) is 6.61 Å². The van der Waals surface area contributed by atoms with Crippen LogP contribution in [-0.4, -0.2) is 19.2 Å². The predicted molar refractivity (Wildman–Crippen MR) is 115 cm³/mol. The number of fused-ring (bicyclic) bond motifs is 3. The van der Waals surface area contributed by atoms with Gasteiger partial charge in [-0.3, -0.25) is 0 Å². The first-order valence-electron chi connectivity index (χ1n) is 10.1. The van der Waals surface area contributed by atoms with Crippen molar-refractivity contribution >= 4 is 11.6 Å². The predicted octanol–water partition coefficient (Wildman–Crippen LogP) is 4.25. The Morgan fingerprint density at radius 2 is 2.00 bits per heavy atom. The normalized spacial score (nSPS) is 31.7. The molecule has 1 aromatic carbocycles. The van der Waals surface area contributed by atoms with Crippen LogP contribution in [0.1, 0.15) is 37.3 Å². The summed E-state index contributed by atoms with van der Waals surface area (Å²) in [5.41, 5.74) is 9.81. The molecule has 0 radical (unpaired) electrons. The van der Waals surface area contributed by atoms with E-state index < -0.39 is 5.54 Å². The lowest BCUT2D eigenvalue weighted by Gasteiger charge is -2.54. The Hall–Kier alpha value is -3.19. The first kappa shape index (κ1) is 17.9. The molecule has 2 aliphatic carbocycles. The Labute approximate surface area is 171 Å². The Morgan fingerprint density at radius 1 is 1.10 bits per heavy atom. The highest BCUT2D eigenvalue weighted by atomic mass is 16.5. The lowest BCUT2D eigenvalue weighted by atomic mass is 9.54. The Morgan fingerprint density at radius 3 is 2.72 bits per heavy atom. The van der Waals surface area contributed by atoms with Crippen LogP contribution in [0.5, 0.6) is 5.75 Å². The fourth-order valence-electron chi connectivity index (χ4n) is 4.83. The van der Waals surface area contributed by atoms with E-state index in [-0.39, 0.29) is 11.4 Å². The van der Waals surface area contributed by atoms with Crippen molar-refractivity contribution in [3.05, 3.63) is 71.4 Å². The quantitative estimate of drug-likeness (QED) is 0.737. The van der Waals surface area contributed by atoms with E-state index in [4.69, 9.17) is 20.2 Å². The number of ether oxygens (including phenoxy) is 2. The van der Waals surface area contributed by atoms with E-state index in [1.807, 2.05) is 31.2 Å². The largest absolute Gasteiger partial charge is 0.493 e. The fourth-order valence-corrected chi connectivity index (χ4v) is 4.83. The average Bonchev–Trinajstić information content (AvgIpc) is 3.05. The molecule has 2 spiro atoms. The summed E-state index contributed by atoms with van der Waals surface area (Å²) in [4.78, 5) is 4.87. The van der Waals surface area contributed by atoms with Crippen molar-refractivity contribution in [2.75, 3.05) is 13.2 Å². The standard InChI is InChI=1S/C25H24N2O2/c1-2-7-18-8-4-3-5-9-19(14-18)20-10-11-22-21(15-20)25(17-29-23(26)27-25)24(16-28-22)12-6-13-24/h3-5,8-11,14-15H,6,12-13,16-17H2,1H3,(H2,26,27)/b4-3?,5-3+,8-4+,9-5?,18-8?,18-14-,19-9+,19-14?. The summed E-state index contributed by atoms with van der Waals surface area (Å²) in [5.74, 6) is 7.04. The molecule has 146 valence electrons. The Bertz CT molecular complexity index is 1070. The third-order valence-electron chi connectivity index (χ3n) is 6.53. The molecule has 1 aromatic rings. The minimum Gasteiger partial charge on any atom is -0.493 e. The van der Waals surface area contributed by atoms with Gasteiger partial charge < -0.3 is 15.2 Å². The van der Waals surface area contributed by atoms with Gasteiger partial charge in [0.15, 0.2) is 0 Å². The zero-order chi connectivity index (χ0) is 19.9. The summed E-state index contributed by atoms with van der Waals surface area (Å²) in [5, 5.41) is 0. The Kier molecular flexibility index (Phi) is 4.13. The third kappa shape index (κ3) is 2.73. The van der Waals surface area contributed by atoms with E-state index in [9.17, 15) is 0 Å². The lowest BCUT2D eigenvalue weighted by Crippen LogP contribution is -2.56. The molecule has 1 saturated carbocycles. The molecule has 4 nitrogen and oxygen atoms in total. The number of aliphatic imine (C=N–C) groups is 1. The number of nitrogens with zero attached hydrogens (tertiary/aromatic N) is 1. The van der Waals surface area contributed by atoms with E-state index in [2.05, 4.69) is 42.2 Å². The Balaban J connectivity index is 1.64. The van der Waals surface area contributed by atoms with Gasteiger partial charge in [-0.2, -0.15) is 0 Å². The van der Waals surface area contributed by atoms with Gasteiger partial charge in [0.2, 0.25) is 0 Å². The van der Waals surface area contributed by atoms with Crippen LogP contribution in [0.4, 0.5) is 0 Å². The van der Waals surface area contributed by atoms with E-state index in [1.165, 1.54) is 6.42 Å². The van der Waals surface area contributed by atoms with E-state index >= 15 is 0 Å². The van der Waals surface area contributed by atoms with E-state index in [0.29, 0.717) is 13.2 Å². The second-order valence-corrected chi connectivity index (χ2v) is 8.07.